The summed E-state index contributed by atoms with van der Waals surface area (Å²) in [6.45, 7) is 5.98. The lowest BCUT2D eigenvalue weighted by Crippen LogP contribution is -2.31. The molecule has 0 radical (unpaired) electrons. The SMILES string of the molecule is CCCCOc1ccccc1C(=O)CCN1CCCCC1.Cl. The van der Waals surface area contributed by atoms with Crippen LogP contribution in [0.25, 0.3) is 0 Å². The number of ketones is 1. The maximum Gasteiger partial charge on any atom is 0.167 e. The molecule has 1 heterocycles. The standard InChI is InChI=1S/C18H27NO2.ClH/c1-2-3-15-21-18-10-6-5-9-16(18)17(20)11-14-19-12-7-4-8-13-19;/h5-6,9-10H,2-4,7-8,11-15H2,1H3;1H. The minimum Gasteiger partial charge on any atom is -0.493 e. The topological polar surface area (TPSA) is 29.5 Å². The first-order valence-corrected chi connectivity index (χ1v) is 8.28. The Bertz CT molecular complexity index is 444. The summed E-state index contributed by atoms with van der Waals surface area (Å²) < 4.78 is 5.76. The summed E-state index contributed by atoms with van der Waals surface area (Å²) in [5, 5.41) is 0. The Labute approximate surface area is 140 Å². The fourth-order valence-electron chi connectivity index (χ4n) is 2.73. The molecule has 1 aromatic rings. The number of Topliss-reactive ketones (excluding diaryl/α,β-unsaturated/α-hetero) is 1. The largest absolute Gasteiger partial charge is 0.493 e. The molecule has 0 spiro atoms. The van der Waals surface area contributed by atoms with Gasteiger partial charge in [0.25, 0.3) is 0 Å². The van der Waals surface area contributed by atoms with E-state index in [-0.39, 0.29) is 18.2 Å². The van der Waals surface area contributed by atoms with Gasteiger partial charge in [-0.1, -0.05) is 31.9 Å². The smallest absolute Gasteiger partial charge is 0.167 e. The van der Waals surface area contributed by atoms with Gasteiger partial charge in [-0.3, -0.25) is 4.79 Å². The van der Waals surface area contributed by atoms with Crippen LogP contribution < -0.4 is 4.74 Å². The zero-order valence-corrected chi connectivity index (χ0v) is 14.4. The van der Waals surface area contributed by atoms with Crippen molar-refractivity contribution in [3.63, 3.8) is 0 Å². The third-order valence-corrected chi connectivity index (χ3v) is 4.05. The molecule has 0 unspecified atom stereocenters. The molecule has 1 aromatic carbocycles. The van der Waals surface area contributed by atoms with Gasteiger partial charge in [-0.05, 0) is 44.5 Å². The second kappa shape index (κ2) is 10.6. The zero-order valence-electron chi connectivity index (χ0n) is 13.6. The van der Waals surface area contributed by atoms with E-state index in [1.807, 2.05) is 24.3 Å². The van der Waals surface area contributed by atoms with Crippen molar-refractivity contribution >= 4 is 18.2 Å². The lowest BCUT2D eigenvalue weighted by Gasteiger charge is -2.26. The van der Waals surface area contributed by atoms with Gasteiger partial charge in [-0.2, -0.15) is 0 Å². The highest BCUT2D eigenvalue weighted by molar-refractivity contribution is 5.98. The number of halogens is 1. The third-order valence-electron chi connectivity index (χ3n) is 4.05. The monoisotopic (exact) mass is 325 g/mol. The number of hydrogen-bond acceptors (Lipinski definition) is 3. The van der Waals surface area contributed by atoms with Crippen LogP contribution >= 0.6 is 12.4 Å². The number of piperidine rings is 1. The molecule has 1 saturated heterocycles. The van der Waals surface area contributed by atoms with E-state index < -0.39 is 0 Å². The molecular formula is C18H28ClNO2. The number of benzene rings is 1. The van der Waals surface area contributed by atoms with E-state index in [1.54, 1.807) is 0 Å². The van der Waals surface area contributed by atoms with Gasteiger partial charge in [0.05, 0.1) is 12.2 Å². The molecule has 0 aromatic heterocycles. The number of para-hydroxylation sites is 1. The van der Waals surface area contributed by atoms with E-state index in [1.165, 1.54) is 19.3 Å². The molecule has 4 heteroatoms. The maximum absolute atomic E-state index is 12.4. The maximum atomic E-state index is 12.4. The van der Waals surface area contributed by atoms with Crippen molar-refractivity contribution in [1.29, 1.82) is 0 Å². The Kier molecular flexibility index (Phi) is 9.17. The van der Waals surface area contributed by atoms with Crippen LogP contribution in [0.5, 0.6) is 5.75 Å². The molecule has 0 atom stereocenters. The number of carbonyl (C=O) groups excluding carboxylic acids is 1. The predicted molar refractivity (Wildman–Crippen MR) is 93.3 cm³/mol. The van der Waals surface area contributed by atoms with E-state index in [0.29, 0.717) is 13.0 Å². The number of carbonyl (C=O) groups is 1. The van der Waals surface area contributed by atoms with Crippen LogP contribution in [0, 0.1) is 0 Å². The Morgan fingerprint density at radius 2 is 1.91 bits per heavy atom. The predicted octanol–water partition coefficient (Wildman–Crippen LogP) is 4.35. The van der Waals surface area contributed by atoms with Crippen molar-refractivity contribution in [2.75, 3.05) is 26.2 Å². The number of unbranched alkanes of at least 4 members (excludes halogenated alkanes) is 1. The second-order valence-electron chi connectivity index (χ2n) is 5.77. The van der Waals surface area contributed by atoms with E-state index in [9.17, 15) is 4.79 Å². The summed E-state index contributed by atoms with van der Waals surface area (Å²) in [5.74, 6) is 0.947. The Morgan fingerprint density at radius 3 is 2.64 bits per heavy atom. The molecule has 2 rings (SSSR count). The Balaban J connectivity index is 0.00000242. The fraction of sp³-hybridized carbons (Fsp3) is 0.611. The van der Waals surface area contributed by atoms with Crippen LogP contribution in [0.2, 0.25) is 0 Å². The molecular weight excluding hydrogens is 298 g/mol. The fourth-order valence-corrected chi connectivity index (χ4v) is 2.73. The van der Waals surface area contributed by atoms with Gasteiger partial charge < -0.3 is 9.64 Å². The van der Waals surface area contributed by atoms with Crippen molar-refractivity contribution in [3.05, 3.63) is 29.8 Å². The highest BCUT2D eigenvalue weighted by Gasteiger charge is 2.15. The summed E-state index contributed by atoms with van der Waals surface area (Å²) in [7, 11) is 0. The average Bonchev–Trinajstić information content (AvgIpc) is 2.54. The molecule has 0 saturated carbocycles. The van der Waals surface area contributed by atoms with Gasteiger partial charge in [-0.15, -0.1) is 12.4 Å². The molecule has 0 amide bonds. The number of rotatable bonds is 8. The van der Waals surface area contributed by atoms with E-state index in [2.05, 4.69) is 11.8 Å². The summed E-state index contributed by atoms with van der Waals surface area (Å²) in [6.07, 6.45) is 6.59. The van der Waals surface area contributed by atoms with Crippen LogP contribution in [-0.4, -0.2) is 36.9 Å². The van der Waals surface area contributed by atoms with Crippen LogP contribution in [0.1, 0.15) is 55.8 Å². The van der Waals surface area contributed by atoms with Gasteiger partial charge in [0, 0.05) is 13.0 Å². The quantitative estimate of drug-likeness (QED) is 0.526. The van der Waals surface area contributed by atoms with Crippen LogP contribution in [0.3, 0.4) is 0 Å². The molecule has 0 bridgehead atoms. The summed E-state index contributed by atoms with van der Waals surface area (Å²) in [4.78, 5) is 14.8. The molecule has 0 N–H and O–H groups in total. The Morgan fingerprint density at radius 1 is 1.18 bits per heavy atom. The van der Waals surface area contributed by atoms with Crippen molar-refractivity contribution in [3.8, 4) is 5.75 Å². The molecule has 3 nitrogen and oxygen atoms in total. The van der Waals surface area contributed by atoms with Crippen molar-refractivity contribution in [2.24, 2.45) is 0 Å². The summed E-state index contributed by atoms with van der Waals surface area (Å²) in [5.41, 5.74) is 0.741. The average molecular weight is 326 g/mol. The molecule has 22 heavy (non-hydrogen) atoms. The van der Waals surface area contributed by atoms with Gasteiger partial charge in [0.1, 0.15) is 5.75 Å². The first kappa shape index (κ1) is 19.0. The number of nitrogens with zero attached hydrogens (tertiary/aromatic N) is 1. The molecule has 1 aliphatic heterocycles. The van der Waals surface area contributed by atoms with E-state index in [4.69, 9.17) is 4.74 Å². The second-order valence-corrected chi connectivity index (χ2v) is 5.77. The van der Waals surface area contributed by atoms with Gasteiger partial charge in [0.2, 0.25) is 0 Å². The minimum absolute atomic E-state index is 0. The highest BCUT2D eigenvalue weighted by Crippen LogP contribution is 2.20. The van der Waals surface area contributed by atoms with Crippen LogP contribution in [-0.2, 0) is 0 Å². The van der Waals surface area contributed by atoms with Crippen molar-refractivity contribution < 1.29 is 9.53 Å². The van der Waals surface area contributed by atoms with Crippen LogP contribution in [0.4, 0.5) is 0 Å². The van der Waals surface area contributed by atoms with Gasteiger partial charge in [0.15, 0.2) is 5.78 Å². The first-order chi connectivity index (χ1) is 10.3. The lowest BCUT2D eigenvalue weighted by atomic mass is 10.1. The van der Waals surface area contributed by atoms with Crippen molar-refractivity contribution in [1.82, 2.24) is 4.90 Å². The van der Waals surface area contributed by atoms with Gasteiger partial charge in [-0.25, -0.2) is 0 Å². The summed E-state index contributed by atoms with van der Waals surface area (Å²) >= 11 is 0. The number of likely N-dealkylation sites (tertiary alicyclic amines) is 1. The Hall–Kier alpha value is -1.06. The normalized spacial score (nSPS) is 15.1. The minimum atomic E-state index is 0. The lowest BCUT2D eigenvalue weighted by molar-refractivity contribution is 0.0954. The summed E-state index contributed by atoms with van der Waals surface area (Å²) in [6, 6.07) is 7.65. The van der Waals surface area contributed by atoms with Gasteiger partial charge >= 0.3 is 0 Å². The third kappa shape index (κ3) is 5.98. The zero-order chi connectivity index (χ0) is 14.9. The van der Waals surface area contributed by atoms with E-state index >= 15 is 0 Å². The van der Waals surface area contributed by atoms with Crippen LogP contribution in [0.15, 0.2) is 24.3 Å². The van der Waals surface area contributed by atoms with Crippen molar-refractivity contribution in [2.45, 2.75) is 45.4 Å². The molecule has 0 aliphatic carbocycles. The first-order valence-electron chi connectivity index (χ1n) is 8.28. The molecule has 1 aliphatic rings. The molecule has 1 fully saturated rings. The molecule has 124 valence electrons. The highest BCUT2D eigenvalue weighted by atomic mass is 35.5. The number of ether oxygens (including phenoxy) is 1. The van der Waals surface area contributed by atoms with E-state index in [0.717, 1.165) is 43.8 Å². The number of hydrogen-bond donors (Lipinski definition) is 0.